The Morgan fingerprint density at radius 1 is 1.20 bits per heavy atom. The number of carbonyl (C=O) groups is 2. The van der Waals surface area contributed by atoms with Gasteiger partial charge in [-0.15, -0.1) is 0 Å². The molecule has 3 atom stereocenters. The van der Waals surface area contributed by atoms with E-state index in [9.17, 15) is 14.7 Å². The molecule has 6 nitrogen and oxygen atoms in total. The minimum atomic E-state index is -0.772. The van der Waals surface area contributed by atoms with E-state index in [-0.39, 0.29) is 17.9 Å². The largest absolute Gasteiger partial charge is 0.481 e. The zero-order valence-corrected chi connectivity index (χ0v) is 14.5. The van der Waals surface area contributed by atoms with Gasteiger partial charge >= 0.3 is 5.97 Å². The fraction of sp³-hybridized carbons (Fsp3) is 0.579. The van der Waals surface area contributed by atoms with Crippen LogP contribution in [0.5, 0.6) is 5.75 Å². The first kappa shape index (κ1) is 17.7. The van der Waals surface area contributed by atoms with E-state index in [0.717, 1.165) is 12.8 Å². The number of benzene rings is 1. The molecular formula is C19H25NO5. The number of hydrogen-bond donors (Lipinski definition) is 1. The molecule has 2 fully saturated rings. The van der Waals surface area contributed by atoms with Gasteiger partial charge in [0.2, 0.25) is 0 Å². The summed E-state index contributed by atoms with van der Waals surface area (Å²) in [6.45, 7) is 3.53. The average Bonchev–Trinajstić information content (AvgIpc) is 3.12. The van der Waals surface area contributed by atoms with Crippen molar-refractivity contribution in [2.45, 2.75) is 38.4 Å². The van der Waals surface area contributed by atoms with Gasteiger partial charge in [-0.3, -0.25) is 9.59 Å². The molecule has 3 rings (SSSR count). The molecule has 136 valence electrons. The summed E-state index contributed by atoms with van der Waals surface area (Å²) in [5, 5.41) is 9.31. The predicted molar refractivity (Wildman–Crippen MR) is 91.3 cm³/mol. The number of amides is 1. The molecule has 0 bridgehead atoms. The Kier molecular flexibility index (Phi) is 5.58. The van der Waals surface area contributed by atoms with Crippen LogP contribution in [-0.2, 0) is 14.3 Å². The second-order valence-electron chi connectivity index (χ2n) is 6.80. The van der Waals surface area contributed by atoms with Gasteiger partial charge in [0, 0.05) is 19.7 Å². The zero-order chi connectivity index (χ0) is 17.8. The summed E-state index contributed by atoms with van der Waals surface area (Å²) >= 11 is 0. The van der Waals surface area contributed by atoms with E-state index in [1.165, 1.54) is 0 Å². The Balaban J connectivity index is 1.51. The number of carboxylic acid groups (broad SMARTS) is 1. The van der Waals surface area contributed by atoms with Gasteiger partial charge in [0.15, 0.2) is 6.10 Å². The predicted octanol–water partition coefficient (Wildman–Crippen LogP) is 2.18. The third kappa shape index (κ3) is 4.12. The smallest absolute Gasteiger partial charge is 0.309 e. The van der Waals surface area contributed by atoms with E-state index in [1.54, 1.807) is 6.92 Å². The lowest BCUT2D eigenvalue weighted by atomic mass is 9.84. The minimum absolute atomic E-state index is 0.0237. The SMILES string of the molecule is CC(Oc1ccccc1)C(=O)N1CCC([C@@H]2OCCC2C(=O)O)CC1. The Hall–Kier alpha value is -2.08. The first-order valence-corrected chi connectivity index (χ1v) is 8.91. The second kappa shape index (κ2) is 7.87. The number of ether oxygens (including phenoxy) is 2. The molecule has 1 amide bonds. The standard InChI is InChI=1S/C19H25NO5/c1-13(25-15-5-3-2-4-6-15)18(21)20-10-7-14(8-11-20)17-16(19(22)23)9-12-24-17/h2-6,13-14,16-17H,7-12H2,1H3,(H,22,23)/t13?,16?,17-/m0/s1. The number of rotatable bonds is 5. The quantitative estimate of drug-likeness (QED) is 0.883. The molecule has 2 heterocycles. The van der Waals surface area contributed by atoms with E-state index < -0.39 is 18.0 Å². The van der Waals surface area contributed by atoms with Gasteiger partial charge in [0.1, 0.15) is 5.75 Å². The highest BCUT2D eigenvalue weighted by Crippen LogP contribution is 2.33. The molecule has 25 heavy (non-hydrogen) atoms. The molecule has 1 aromatic rings. The number of carboxylic acids is 1. The van der Waals surface area contributed by atoms with E-state index in [1.807, 2.05) is 35.2 Å². The van der Waals surface area contributed by atoms with E-state index >= 15 is 0 Å². The summed E-state index contributed by atoms with van der Waals surface area (Å²) in [4.78, 5) is 25.7. The first-order valence-electron chi connectivity index (χ1n) is 8.91. The van der Waals surface area contributed by atoms with Crippen molar-refractivity contribution >= 4 is 11.9 Å². The molecule has 0 saturated carbocycles. The van der Waals surface area contributed by atoms with E-state index in [2.05, 4.69) is 0 Å². The fourth-order valence-corrected chi connectivity index (χ4v) is 3.80. The first-order chi connectivity index (χ1) is 12.1. The van der Waals surface area contributed by atoms with Gasteiger partial charge in [0.25, 0.3) is 5.91 Å². The zero-order valence-electron chi connectivity index (χ0n) is 14.5. The van der Waals surface area contributed by atoms with Crippen LogP contribution >= 0.6 is 0 Å². The lowest BCUT2D eigenvalue weighted by Crippen LogP contribution is -2.47. The number of carbonyl (C=O) groups excluding carboxylic acids is 1. The van der Waals surface area contributed by atoms with Crippen LogP contribution in [-0.4, -0.2) is 53.8 Å². The van der Waals surface area contributed by atoms with Crippen LogP contribution < -0.4 is 4.74 Å². The Labute approximate surface area is 147 Å². The van der Waals surface area contributed by atoms with Crippen LogP contribution in [0, 0.1) is 11.8 Å². The Morgan fingerprint density at radius 3 is 2.52 bits per heavy atom. The molecule has 2 saturated heterocycles. The lowest BCUT2D eigenvalue weighted by Gasteiger charge is -2.36. The summed E-state index contributed by atoms with van der Waals surface area (Å²) in [5.41, 5.74) is 0. The highest BCUT2D eigenvalue weighted by Gasteiger charge is 2.41. The molecule has 0 aromatic heterocycles. The monoisotopic (exact) mass is 347 g/mol. The maximum absolute atomic E-state index is 12.6. The van der Waals surface area contributed by atoms with Crippen molar-refractivity contribution in [3.05, 3.63) is 30.3 Å². The summed E-state index contributed by atoms with van der Waals surface area (Å²) < 4.78 is 11.4. The summed E-state index contributed by atoms with van der Waals surface area (Å²) in [5.74, 6) is -0.317. The normalized spacial score (nSPS) is 25.6. The van der Waals surface area contributed by atoms with Crippen LogP contribution in [0.3, 0.4) is 0 Å². The van der Waals surface area contributed by atoms with Crippen molar-refractivity contribution in [1.29, 1.82) is 0 Å². The van der Waals surface area contributed by atoms with Crippen molar-refractivity contribution in [1.82, 2.24) is 4.90 Å². The molecule has 1 aromatic carbocycles. The number of para-hydroxylation sites is 1. The van der Waals surface area contributed by atoms with Crippen LogP contribution in [0.15, 0.2) is 30.3 Å². The molecule has 6 heteroatoms. The van der Waals surface area contributed by atoms with Crippen molar-refractivity contribution in [2.24, 2.45) is 11.8 Å². The summed E-state index contributed by atoms with van der Waals surface area (Å²) in [7, 11) is 0. The highest BCUT2D eigenvalue weighted by molar-refractivity contribution is 5.81. The van der Waals surface area contributed by atoms with E-state index in [0.29, 0.717) is 31.9 Å². The van der Waals surface area contributed by atoms with Crippen molar-refractivity contribution in [3.8, 4) is 5.75 Å². The molecule has 0 spiro atoms. The maximum atomic E-state index is 12.6. The highest BCUT2D eigenvalue weighted by atomic mass is 16.5. The lowest BCUT2D eigenvalue weighted by molar-refractivity contribution is -0.146. The van der Waals surface area contributed by atoms with E-state index in [4.69, 9.17) is 9.47 Å². The average molecular weight is 347 g/mol. The van der Waals surface area contributed by atoms with Gasteiger partial charge in [0.05, 0.1) is 12.0 Å². The van der Waals surface area contributed by atoms with Gasteiger partial charge in [-0.25, -0.2) is 0 Å². The molecular weight excluding hydrogens is 322 g/mol. The maximum Gasteiger partial charge on any atom is 0.309 e. The second-order valence-corrected chi connectivity index (χ2v) is 6.80. The molecule has 0 radical (unpaired) electrons. The Morgan fingerprint density at radius 2 is 1.88 bits per heavy atom. The fourth-order valence-electron chi connectivity index (χ4n) is 3.80. The topological polar surface area (TPSA) is 76.1 Å². The van der Waals surface area contributed by atoms with Crippen LogP contribution in [0.2, 0.25) is 0 Å². The number of nitrogens with zero attached hydrogens (tertiary/aromatic N) is 1. The van der Waals surface area contributed by atoms with Gasteiger partial charge in [-0.1, -0.05) is 18.2 Å². The van der Waals surface area contributed by atoms with Crippen molar-refractivity contribution < 1.29 is 24.2 Å². The molecule has 2 aliphatic rings. The van der Waals surface area contributed by atoms with Crippen LogP contribution in [0.25, 0.3) is 0 Å². The molecule has 2 aliphatic heterocycles. The number of aliphatic carboxylic acids is 1. The van der Waals surface area contributed by atoms with Crippen molar-refractivity contribution in [3.63, 3.8) is 0 Å². The van der Waals surface area contributed by atoms with Crippen LogP contribution in [0.1, 0.15) is 26.2 Å². The van der Waals surface area contributed by atoms with Crippen LogP contribution in [0.4, 0.5) is 0 Å². The van der Waals surface area contributed by atoms with Gasteiger partial charge in [-0.2, -0.15) is 0 Å². The third-order valence-electron chi connectivity index (χ3n) is 5.17. The van der Waals surface area contributed by atoms with Gasteiger partial charge in [-0.05, 0) is 44.2 Å². The van der Waals surface area contributed by atoms with Crippen molar-refractivity contribution in [2.75, 3.05) is 19.7 Å². The molecule has 0 aliphatic carbocycles. The molecule has 2 unspecified atom stereocenters. The summed E-state index contributed by atoms with van der Waals surface area (Å²) in [6.07, 6.45) is 1.39. The number of likely N-dealkylation sites (tertiary alicyclic amines) is 1. The number of hydrogen-bond acceptors (Lipinski definition) is 4. The number of piperidine rings is 1. The molecule has 1 N–H and O–H groups in total. The Bertz CT molecular complexity index is 597. The summed E-state index contributed by atoms with van der Waals surface area (Å²) in [6, 6.07) is 9.32. The van der Waals surface area contributed by atoms with Gasteiger partial charge < -0.3 is 19.5 Å². The minimum Gasteiger partial charge on any atom is -0.481 e. The third-order valence-corrected chi connectivity index (χ3v) is 5.17.